The molecule has 0 aromatic rings. The number of hydrogen-bond acceptors (Lipinski definition) is 13. The van der Waals surface area contributed by atoms with Crippen molar-refractivity contribution in [2.24, 2.45) is 35.5 Å². The van der Waals surface area contributed by atoms with E-state index >= 15 is 4.79 Å². The van der Waals surface area contributed by atoms with E-state index in [1.807, 2.05) is 47.6 Å². The highest BCUT2D eigenvalue weighted by molar-refractivity contribution is 5.99. The number of carbonyl (C=O) groups is 11. The number of likely N-dealkylation sites (N-methyl/N-ethyl adjacent to an activating group) is 8. The van der Waals surface area contributed by atoms with Gasteiger partial charge in [-0.05, 0) is 95.6 Å². The molecule has 24 heteroatoms. The quantitative estimate of drug-likeness (QED) is 0.138. The summed E-state index contributed by atoms with van der Waals surface area (Å²) in [4.78, 5) is 170. The molecule has 85 heavy (non-hydrogen) atoms. The van der Waals surface area contributed by atoms with Gasteiger partial charge >= 0.3 is 0 Å². The van der Waals surface area contributed by atoms with Crippen LogP contribution in [0.25, 0.3) is 0 Å². The van der Waals surface area contributed by atoms with E-state index in [2.05, 4.69) is 21.3 Å². The Morgan fingerprint density at radius 2 is 0.953 bits per heavy atom. The summed E-state index contributed by atoms with van der Waals surface area (Å²) in [5.74, 6) is -9.63. The highest BCUT2D eigenvalue weighted by Gasteiger charge is 2.45. The largest absolute Gasteiger partial charge is 0.390 e. The van der Waals surface area contributed by atoms with Crippen molar-refractivity contribution in [1.82, 2.24) is 60.5 Å². The minimum Gasteiger partial charge on any atom is -0.390 e. The van der Waals surface area contributed by atoms with Gasteiger partial charge in [0.2, 0.25) is 65.0 Å². The van der Waals surface area contributed by atoms with Gasteiger partial charge in [-0.15, -0.1) is 0 Å². The third kappa shape index (κ3) is 22.6. The van der Waals surface area contributed by atoms with Crippen LogP contribution < -0.4 is 21.3 Å². The first-order valence-corrected chi connectivity index (χ1v) is 30.3. The Bertz CT molecular complexity index is 2310. The Labute approximate surface area is 508 Å². The number of nitrogens with one attached hydrogen (secondary N) is 4. The minimum atomic E-state index is -1.61. The zero-order chi connectivity index (χ0) is 65.8. The first kappa shape index (κ1) is 76.8. The normalized spacial score (nSPS) is 26.0. The van der Waals surface area contributed by atoms with Crippen LogP contribution in [0.3, 0.4) is 0 Å². The number of carbonyl (C=O) groups excluding carboxylic acids is 11. The van der Waals surface area contributed by atoms with Gasteiger partial charge in [0.1, 0.15) is 54.4 Å². The average molecular weight is 1200 g/mol. The van der Waals surface area contributed by atoms with Gasteiger partial charge in [0.05, 0.1) is 19.2 Å². The minimum absolute atomic E-state index is 0.0157. The molecule has 1 saturated heterocycles. The predicted molar refractivity (Wildman–Crippen MR) is 328 cm³/mol. The third-order valence-electron chi connectivity index (χ3n) is 15.7. The summed E-state index contributed by atoms with van der Waals surface area (Å²) in [5, 5.41) is 23.2. The standard InChI is InChI=1S/C61H110N12O12/c1-24-26-28-40(13)52(76)51-56(80)63-42(27-25-2)57(81)67(17)33-47(74)69(19)44(29-35(3)4)55(79)65-49(38(9)10)60(84)71(21)45(30-36(5)6)54(78)62-41(14)53(77)64-43(32-66(15)16)58(82)68(18)34-48(75)70(20)46(31-37(7)8)59(83)72(22)50(39(11)12)61(85)73(51)23/h24,26,35-46,49-52,76H,25,27-34H2,1-23H3,(H,62,78)(H,63,80)(H,64,77)(H,65,79)/b26-24+/t40-,41-,42-,43?,44+,45+,46+,49-,50-,51?,52-/m1/s1. The van der Waals surface area contributed by atoms with E-state index in [0.29, 0.717) is 12.8 Å². The van der Waals surface area contributed by atoms with Gasteiger partial charge < -0.3 is 65.6 Å². The summed E-state index contributed by atoms with van der Waals surface area (Å²) < 4.78 is 0. The maximum Gasteiger partial charge on any atom is 0.246 e. The van der Waals surface area contributed by atoms with Crippen LogP contribution in [0.4, 0.5) is 0 Å². The summed E-state index contributed by atoms with van der Waals surface area (Å²) >= 11 is 0. The molecule has 2 unspecified atom stereocenters. The molecule has 5 N–H and O–H groups in total. The van der Waals surface area contributed by atoms with Crippen molar-refractivity contribution < 1.29 is 57.8 Å². The van der Waals surface area contributed by atoms with Crippen molar-refractivity contribution in [2.75, 3.05) is 83.1 Å². The van der Waals surface area contributed by atoms with E-state index in [4.69, 9.17) is 0 Å². The SMILES string of the molecule is C/C=C/C[C@@H](C)[C@@H](O)C1C(=O)N[C@H](CCC)C(=O)N(C)CC(=O)N(C)[C@@H](CC(C)C)C(=O)N[C@H](C(C)C)C(=O)N(C)[C@@H](CC(C)C)C(=O)N[C@H](C)C(=O)NC(CN(C)C)C(=O)N(C)CC(=O)N(C)[C@@H](CC(C)C)C(=O)N(C)[C@H](C(C)C)C(=O)N1C. The first-order valence-electron chi connectivity index (χ1n) is 30.3. The topological polar surface area (TPSA) is 282 Å². The number of allylic oxidation sites excluding steroid dienone is 2. The number of amides is 11. The van der Waals surface area contributed by atoms with Crippen LogP contribution in [-0.4, -0.2) is 253 Å². The molecular weight excluding hydrogens is 1090 g/mol. The summed E-state index contributed by atoms with van der Waals surface area (Å²) in [7, 11) is 13.2. The molecule has 0 aromatic carbocycles. The second-order valence-corrected chi connectivity index (χ2v) is 25.7. The van der Waals surface area contributed by atoms with E-state index < -0.39 is 156 Å². The van der Waals surface area contributed by atoms with Crippen LogP contribution in [0.2, 0.25) is 0 Å². The Morgan fingerprint density at radius 3 is 1.40 bits per heavy atom. The number of aliphatic hydroxyl groups excluding tert-OH is 1. The van der Waals surface area contributed by atoms with Crippen molar-refractivity contribution in [3.05, 3.63) is 12.2 Å². The molecular formula is C61H110N12O12. The zero-order valence-electron chi connectivity index (χ0n) is 55.8. The zero-order valence-corrected chi connectivity index (χ0v) is 55.8. The fourth-order valence-electron chi connectivity index (χ4n) is 10.4. The van der Waals surface area contributed by atoms with Crippen LogP contribution in [0.15, 0.2) is 12.2 Å². The first-order chi connectivity index (χ1) is 39.3. The van der Waals surface area contributed by atoms with Crippen molar-refractivity contribution in [1.29, 1.82) is 0 Å². The summed E-state index contributed by atoms with van der Waals surface area (Å²) in [6.07, 6.45) is 3.34. The lowest BCUT2D eigenvalue weighted by atomic mass is 9.91. The highest BCUT2D eigenvalue weighted by atomic mass is 16.3. The lowest BCUT2D eigenvalue weighted by Crippen LogP contribution is -2.63. The van der Waals surface area contributed by atoms with E-state index in [9.17, 15) is 53.1 Å². The molecule has 0 saturated carbocycles. The van der Waals surface area contributed by atoms with Crippen molar-refractivity contribution in [3.8, 4) is 0 Å². The fourth-order valence-corrected chi connectivity index (χ4v) is 10.4. The molecule has 0 aliphatic carbocycles. The van der Waals surface area contributed by atoms with Gasteiger partial charge in [-0.1, -0.05) is 102 Å². The number of aliphatic hydroxyl groups is 1. The fraction of sp³-hybridized carbons (Fsp3) is 0.787. The molecule has 1 fully saturated rings. The van der Waals surface area contributed by atoms with Gasteiger partial charge in [0, 0.05) is 55.9 Å². The molecule has 11 atom stereocenters. The molecule has 0 bridgehead atoms. The van der Waals surface area contributed by atoms with E-state index in [1.54, 1.807) is 73.5 Å². The highest BCUT2D eigenvalue weighted by Crippen LogP contribution is 2.24. The third-order valence-corrected chi connectivity index (χ3v) is 15.7. The number of nitrogens with zero attached hydrogens (tertiary/aromatic N) is 8. The van der Waals surface area contributed by atoms with E-state index in [0.717, 1.165) is 14.7 Å². The van der Waals surface area contributed by atoms with E-state index in [-0.39, 0.29) is 50.0 Å². The van der Waals surface area contributed by atoms with Crippen LogP contribution >= 0.6 is 0 Å². The van der Waals surface area contributed by atoms with Crippen LogP contribution in [-0.2, 0) is 52.7 Å². The predicted octanol–water partition coefficient (Wildman–Crippen LogP) is 1.79. The average Bonchev–Trinajstić information content (AvgIpc) is 3.36. The van der Waals surface area contributed by atoms with Crippen LogP contribution in [0.5, 0.6) is 0 Å². The lowest BCUT2D eigenvalue weighted by molar-refractivity contribution is -0.156. The van der Waals surface area contributed by atoms with E-state index in [1.165, 1.54) is 75.9 Å². The summed E-state index contributed by atoms with van der Waals surface area (Å²) in [6, 6.07) is -11.2. The van der Waals surface area contributed by atoms with Crippen molar-refractivity contribution in [3.63, 3.8) is 0 Å². The monoisotopic (exact) mass is 1200 g/mol. The number of rotatable bonds is 16. The maximum atomic E-state index is 15.1. The van der Waals surface area contributed by atoms with Crippen LogP contribution in [0.1, 0.15) is 135 Å². The van der Waals surface area contributed by atoms with Gasteiger partial charge in [-0.25, -0.2) is 0 Å². The molecule has 1 aliphatic heterocycles. The summed E-state index contributed by atoms with van der Waals surface area (Å²) in [6.45, 7) is 23.7. The van der Waals surface area contributed by atoms with Gasteiger partial charge in [0.25, 0.3) is 0 Å². The van der Waals surface area contributed by atoms with Crippen molar-refractivity contribution >= 4 is 65.0 Å². The molecule has 24 nitrogen and oxygen atoms in total. The Morgan fingerprint density at radius 1 is 0.518 bits per heavy atom. The van der Waals surface area contributed by atoms with Crippen molar-refractivity contribution in [2.45, 2.75) is 196 Å². The summed E-state index contributed by atoms with van der Waals surface area (Å²) in [5.41, 5.74) is 0. The second-order valence-electron chi connectivity index (χ2n) is 25.7. The molecule has 1 rings (SSSR count). The number of hydrogen-bond donors (Lipinski definition) is 5. The smallest absolute Gasteiger partial charge is 0.246 e. The Balaban J connectivity index is 4.30. The molecule has 0 aromatic heterocycles. The molecule has 0 spiro atoms. The van der Waals surface area contributed by atoms with Crippen LogP contribution in [0, 0.1) is 35.5 Å². The van der Waals surface area contributed by atoms with Gasteiger partial charge in [0.15, 0.2) is 0 Å². The maximum absolute atomic E-state index is 15.1. The molecule has 1 aliphatic rings. The van der Waals surface area contributed by atoms with Gasteiger partial charge in [-0.2, -0.15) is 0 Å². The Hall–Kier alpha value is -6.17. The molecule has 0 radical (unpaired) electrons. The molecule has 11 amide bonds. The lowest BCUT2D eigenvalue weighted by Gasteiger charge is -2.41. The second kappa shape index (κ2) is 35.5. The molecule has 1 heterocycles. The molecule has 486 valence electrons. The van der Waals surface area contributed by atoms with Gasteiger partial charge in [-0.3, -0.25) is 52.7 Å². The Kier molecular flexibility index (Phi) is 32.1.